The number of pyridine rings is 1. The van der Waals surface area contributed by atoms with Crippen molar-refractivity contribution in [3.05, 3.63) is 18.3 Å². The van der Waals surface area contributed by atoms with E-state index in [0.717, 1.165) is 18.1 Å². The van der Waals surface area contributed by atoms with Crippen LogP contribution >= 0.6 is 0 Å². The van der Waals surface area contributed by atoms with Gasteiger partial charge in [0.1, 0.15) is 0 Å². The molecule has 0 amide bonds. The molecule has 0 aromatic carbocycles. The molecule has 0 unspecified atom stereocenters. The molecule has 0 aliphatic heterocycles. The van der Waals surface area contributed by atoms with Gasteiger partial charge >= 0.3 is 0 Å². The Morgan fingerprint density at radius 3 is 2.80 bits per heavy atom. The fourth-order valence-corrected chi connectivity index (χ4v) is 2.45. The lowest BCUT2D eigenvalue weighted by atomic mass is 10.2. The normalized spacial score (nSPS) is 16.9. The third kappa shape index (κ3) is 2.06. The Morgan fingerprint density at radius 2 is 2.20 bits per heavy atom. The number of hydrogen-bond donors (Lipinski definition) is 1. The minimum Gasteiger partial charge on any atom is -0.396 e. The molecule has 1 aromatic heterocycles. The number of anilines is 2. The van der Waals surface area contributed by atoms with Crippen molar-refractivity contribution in [3.63, 3.8) is 0 Å². The van der Waals surface area contributed by atoms with Gasteiger partial charge in [-0.2, -0.15) is 0 Å². The lowest BCUT2D eigenvalue weighted by Crippen LogP contribution is -2.34. The second-order valence-electron chi connectivity index (χ2n) is 4.14. The molecule has 1 aliphatic carbocycles. The highest BCUT2D eigenvalue weighted by atomic mass is 15.2. The van der Waals surface area contributed by atoms with E-state index in [1.807, 2.05) is 18.3 Å². The van der Waals surface area contributed by atoms with Gasteiger partial charge in [0, 0.05) is 18.8 Å². The van der Waals surface area contributed by atoms with Gasteiger partial charge in [-0.05, 0) is 31.9 Å². The van der Waals surface area contributed by atoms with Crippen molar-refractivity contribution < 1.29 is 0 Å². The molecule has 3 heteroatoms. The van der Waals surface area contributed by atoms with Gasteiger partial charge < -0.3 is 10.6 Å². The highest BCUT2D eigenvalue weighted by Crippen LogP contribution is 2.29. The van der Waals surface area contributed by atoms with Gasteiger partial charge in [0.25, 0.3) is 0 Å². The average Bonchev–Trinajstić information content (AvgIpc) is 2.75. The molecule has 1 saturated carbocycles. The van der Waals surface area contributed by atoms with Crippen LogP contribution in [0.1, 0.15) is 32.6 Å². The molecule has 0 saturated heterocycles. The number of rotatable bonds is 3. The van der Waals surface area contributed by atoms with E-state index in [0.29, 0.717) is 6.04 Å². The van der Waals surface area contributed by atoms with E-state index >= 15 is 0 Å². The first-order valence-corrected chi connectivity index (χ1v) is 5.80. The van der Waals surface area contributed by atoms with Gasteiger partial charge in [0.15, 0.2) is 5.82 Å². The summed E-state index contributed by atoms with van der Waals surface area (Å²) in [6.45, 7) is 3.16. The van der Waals surface area contributed by atoms with Crippen molar-refractivity contribution in [2.45, 2.75) is 38.6 Å². The molecule has 2 rings (SSSR count). The zero-order valence-corrected chi connectivity index (χ0v) is 9.32. The lowest BCUT2D eigenvalue weighted by Gasteiger charge is -2.29. The Labute approximate surface area is 91.3 Å². The van der Waals surface area contributed by atoms with Crippen LogP contribution in [0.4, 0.5) is 11.5 Å². The van der Waals surface area contributed by atoms with Crippen molar-refractivity contribution in [1.29, 1.82) is 0 Å². The Kier molecular flexibility index (Phi) is 3.09. The topological polar surface area (TPSA) is 42.2 Å². The molecule has 1 heterocycles. The van der Waals surface area contributed by atoms with Crippen molar-refractivity contribution in [1.82, 2.24) is 4.98 Å². The molecule has 0 radical (unpaired) electrons. The molecule has 82 valence electrons. The molecule has 2 N–H and O–H groups in total. The molecule has 1 aromatic rings. The molecular formula is C12H19N3. The zero-order chi connectivity index (χ0) is 10.7. The average molecular weight is 205 g/mol. The summed E-state index contributed by atoms with van der Waals surface area (Å²) in [5, 5.41) is 0. The van der Waals surface area contributed by atoms with Crippen LogP contribution in [0.15, 0.2) is 18.3 Å². The van der Waals surface area contributed by atoms with Gasteiger partial charge in [-0.1, -0.05) is 12.8 Å². The van der Waals surface area contributed by atoms with Crippen molar-refractivity contribution >= 4 is 11.5 Å². The minimum atomic E-state index is 0.646. The number of nitrogens with zero attached hydrogens (tertiary/aromatic N) is 2. The monoisotopic (exact) mass is 205 g/mol. The Balaban J connectivity index is 2.22. The SMILES string of the molecule is CCN(c1ncccc1N)C1CCCC1. The summed E-state index contributed by atoms with van der Waals surface area (Å²) in [7, 11) is 0. The molecule has 1 aliphatic rings. The van der Waals surface area contributed by atoms with Crippen LogP contribution in [0.3, 0.4) is 0 Å². The molecule has 0 bridgehead atoms. The third-order valence-corrected chi connectivity index (χ3v) is 3.20. The largest absolute Gasteiger partial charge is 0.396 e. The van der Waals surface area contributed by atoms with Crippen LogP contribution in [-0.2, 0) is 0 Å². The second kappa shape index (κ2) is 4.51. The first-order chi connectivity index (χ1) is 7.33. The lowest BCUT2D eigenvalue weighted by molar-refractivity contribution is 0.614. The van der Waals surface area contributed by atoms with Crippen LogP contribution in [-0.4, -0.2) is 17.6 Å². The predicted molar refractivity (Wildman–Crippen MR) is 63.9 cm³/mol. The highest BCUT2D eigenvalue weighted by Gasteiger charge is 2.23. The van der Waals surface area contributed by atoms with Crippen LogP contribution in [0.25, 0.3) is 0 Å². The van der Waals surface area contributed by atoms with Crippen molar-refractivity contribution in [3.8, 4) is 0 Å². The van der Waals surface area contributed by atoms with Crippen LogP contribution in [0.2, 0.25) is 0 Å². The number of aromatic nitrogens is 1. The predicted octanol–water partition coefficient (Wildman–Crippen LogP) is 2.43. The Hall–Kier alpha value is -1.25. The molecule has 0 atom stereocenters. The third-order valence-electron chi connectivity index (χ3n) is 3.20. The summed E-state index contributed by atoms with van der Waals surface area (Å²) in [5.74, 6) is 0.965. The minimum absolute atomic E-state index is 0.646. The van der Waals surface area contributed by atoms with Crippen LogP contribution in [0.5, 0.6) is 0 Å². The Morgan fingerprint density at radius 1 is 1.47 bits per heavy atom. The zero-order valence-electron chi connectivity index (χ0n) is 9.32. The summed E-state index contributed by atoms with van der Waals surface area (Å²) in [4.78, 5) is 6.74. The summed E-state index contributed by atoms with van der Waals surface area (Å²) < 4.78 is 0. The van der Waals surface area contributed by atoms with Gasteiger partial charge in [0.05, 0.1) is 5.69 Å². The number of hydrogen-bond acceptors (Lipinski definition) is 3. The van der Waals surface area contributed by atoms with E-state index in [4.69, 9.17) is 5.73 Å². The molecule has 3 nitrogen and oxygen atoms in total. The maximum Gasteiger partial charge on any atom is 0.151 e. The van der Waals surface area contributed by atoms with E-state index in [2.05, 4.69) is 16.8 Å². The maximum atomic E-state index is 5.96. The van der Waals surface area contributed by atoms with E-state index < -0.39 is 0 Å². The standard InChI is InChI=1S/C12H19N3/c1-2-15(10-6-3-4-7-10)12-11(13)8-5-9-14-12/h5,8-10H,2-4,6-7,13H2,1H3. The Bertz CT molecular complexity index is 318. The number of nitrogen functional groups attached to an aromatic ring is 1. The van der Waals surface area contributed by atoms with Crippen LogP contribution in [0, 0.1) is 0 Å². The van der Waals surface area contributed by atoms with Crippen LogP contribution < -0.4 is 10.6 Å². The summed E-state index contributed by atoms with van der Waals surface area (Å²) in [5.41, 5.74) is 6.76. The van der Waals surface area contributed by atoms with E-state index in [9.17, 15) is 0 Å². The maximum absolute atomic E-state index is 5.96. The smallest absolute Gasteiger partial charge is 0.151 e. The van der Waals surface area contributed by atoms with Crippen molar-refractivity contribution in [2.24, 2.45) is 0 Å². The quantitative estimate of drug-likeness (QED) is 0.824. The van der Waals surface area contributed by atoms with Crippen molar-refractivity contribution in [2.75, 3.05) is 17.2 Å². The first kappa shape index (κ1) is 10.3. The summed E-state index contributed by atoms with van der Waals surface area (Å²) in [6, 6.07) is 4.47. The summed E-state index contributed by atoms with van der Waals surface area (Å²) >= 11 is 0. The number of nitrogens with two attached hydrogens (primary N) is 1. The highest BCUT2D eigenvalue weighted by molar-refractivity contribution is 5.62. The fourth-order valence-electron chi connectivity index (χ4n) is 2.45. The van der Waals surface area contributed by atoms with E-state index in [-0.39, 0.29) is 0 Å². The van der Waals surface area contributed by atoms with E-state index in [1.165, 1.54) is 25.7 Å². The fraction of sp³-hybridized carbons (Fsp3) is 0.583. The van der Waals surface area contributed by atoms with Gasteiger partial charge in [-0.25, -0.2) is 4.98 Å². The molecular weight excluding hydrogens is 186 g/mol. The van der Waals surface area contributed by atoms with E-state index in [1.54, 1.807) is 0 Å². The van der Waals surface area contributed by atoms with Gasteiger partial charge in [-0.3, -0.25) is 0 Å². The molecule has 15 heavy (non-hydrogen) atoms. The second-order valence-corrected chi connectivity index (χ2v) is 4.14. The molecule has 1 fully saturated rings. The summed E-state index contributed by atoms with van der Waals surface area (Å²) in [6.07, 6.45) is 7.07. The van der Waals surface area contributed by atoms with Gasteiger partial charge in [0.2, 0.25) is 0 Å². The first-order valence-electron chi connectivity index (χ1n) is 5.80. The molecule has 0 spiro atoms. The van der Waals surface area contributed by atoms with Gasteiger partial charge in [-0.15, -0.1) is 0 Å².